The lowest BCUT2D eigenvalue weighted by molar-refractivity contribution is -0.116. The minimum atomic E-state index is -0.389. The Balaban J connectivity index is 1.62. The number of fused-ring (bicyclic) bond motifs is 1. The third-order valence-electron chi connectivity index (χ3n) is 4.19. The lowest BCUT2D eigenvalue weighted by Crippen LogP contribution is -2.28. The highest BCUT2D eigenvalue weighted by Crippen LogP contribution is 2.24. The number of hydrogen-bond acceptors (Lipinski definition) is 5. The molecular weight excluding hydrogens is 380 g/mol. The molecule has 8 nitrogen and oxygen atoms in total. The summed E-state index contributed by atoms with van der Waals surface area (Å²) in [6.07, 6.45) is 4.28. The Bertz CT molecular complexity index is 1230. The predicted molar refractivity (Wildman–Crippen MR) is 106 cm³/mol. The number of benzene rings is 2. The van der Waals surface area contributed by atoms with E-state index in [1.54, 1.807) is 30.3 Å². The number of carbonyl (C=O) groups is 1. The zero-order valence-corrected chi connectivity index (χ0v) is 15.6. The van der Waals surface area contributed by atoms with Crippen LogP contribution in [0.4, 0.5) is 5.69 Å². The molecule has 0 atom stereocenters. The fourth-order valence-electron chi connectivity index (χ4n) is 2.87. The maximum atomic E-state index is 12.7. The van der Waals surface area contributed by atoms with Crippen molar-refractivity contribution in [2.24, 2.45) is 0 Å². The molecule has 0 bridgehead atoms. The van der Waals surface area contributed by atoms with E-state index in [1.165, 1.54) is 28.2 Å². The molecule has 0 spiro atoms. The van der Waals surface area contributed by atoms with Crippen molar-refractivity contribution in [3.63, 3.8) is 0 Å². The highest BCUT2D eigenvalue weighted by atomic mass is 35.5. The Morgan fingerprint density at radius 1 is 1.18 bits per heavy atom. The number of amides is 1. The Kier molecular flexibility index (Phi) is 4.62. The van der Waals surface area contributed by atoms with Gasteiger partial charge >= 0.3 is 0 Å². The summed E-state index contributed by atoms with van der Waals surface area (Å²) in [5.41, 5.74) is 2.34. The highest BCUT2D eigenvalue weighted by Gasteiger charge is 2.12. The minimum absolute atomic E-state index is 0.182. The topological polar surface area (TPSA) is 94.7 Å². The quantitative estimate of drug-likeness (QED) is 0.574. The van der Waals surface area contributed by atoms with E-state index >= 15 is 0 Å². The van der Waals surface area contributed by atoms with Gasteiger partial charge < -0.3 is 5.32 Å². The van der Waals surface area contributed by atoms with Crippen LogP contribution in [0.1, 0.15) is 5.56 Å². The van der Waals surface area contributed by atoms with E-state index in [1.807, 2.05) is 13.0 Å². The molecule has 0 saturated heterocycles. The van der Waals surface area contributed by atoms with Crippen molar-refractivity contribution in [3.05, 3.63) is 76.3 Å². The maximum absolute atomic E-state index is 12.7. The first-order chi connectivity index (χ1) is 13.5. The second-order valence-corrected chi connectivity index (χ2v) is 6.68. The van der Waals surface area contributed by atoms with Gasteiger partial charge in [0.2, 0.25) is 5.91 Å². The molecule has 4 rings (SSSR count). The summed E-state index contributed by atoms with van der Waals surface area (Å²) < 4.78 is 2.79. The first-order valence-corrected chi connectivity index (χ1v) is 8.79. The van der Waals surface area contributed by atoms with Gasteiger partial charge in [-0.25, -0.2) is 14.6 Å². The molecule has 2 heterocycles. The van der Waals surface area contributed by atoms with Crippen LogP contribution in [0.15, 0.2) is 60.2 Å². The Morgan fingerprint density at radius 2 is 2.04 bits per heavy atom. The molecule has 0 saturated carbocycles. The van der Waals surface area contributed by atoms with Crippen LogP contribution in [0, 0.1) is 6.92 Å². The van der Waals surface area contributed by atoms with Crippen molar-refractivity contribution in [1.29, 1.82) is 0 Å². The summed E-state index contributed by atoms with van der Waals surface area (Å²) in [5.74, 6) is -0.389. The number of rotatable bonds is 4. The van der Waals surface area contributed by atoms with Crippen molar-refractivity contribution >= 4 is 34.1 Å². The lowest BCUT2D eigenvalue weighted by Gasteiger charge is -2.12. The number of carbonyl (C=O) groups excluding carboxylic acids is 1. The van der Waals surface area contributed by atoms with Crippen molar-refractivity contribution in [3.8, 4) is 5.69 Å². The molecule has 140 valence electrons. The van der Waals surface area contributed by atoms with Gasteiger partial charge in [-0.05, 0) is 37.3 Å². The summed E-state index contributed by atoms with van der Waals surface area (Å²) in [4.78, 5) is 33.4. The van der Waals surface area contributed by atoms with Crippen LogP contribution in [-0.4, -0.2) is 30.2 Å². The summed E-state index contributed by atoms with van der Waals surface area (Å²) in [7, 11) is 0. The van der Waals surface area contributed by atoms with Crippen molar-refractivity contribution in [1.82, 2.24) is 24.3 Å². The van der Waals surface area contributed by atoms with Gasteiger partial charge in [-0.15, -0.1) is 0 Å². The summed E-state index contributed by atoms with van der Waals surface area (Å²) >= 11 is 6.07. The van der Waals surface area contributed by atoms with E-state index in [0.29, 0.717) is 27.3 Å². The molecule has 0 aliphatic heterocycles. The first-order valence-electron chi connectivity index (χ1n) is 8.41. The van der Waals surface area contributed by atoms with Crippen molar-refractivity contribution in [2.45, 2.75) is 13.5 Å². The van der Waals surface area contributed by atoms with E-state index in [-0.39, 0.29) is 18.0 Å². The smallest absolute Gasteiger partial charge is 0.261 e. The number of aryl methyl sites for hydroxylation is 1. The minimum Gasteiger partial charge on any atom is -0.323 e. The fraction of sp³-hybridized carbons (Fsp3) is 0.105. The van der Waals surface area contributed by atoms with E-state index in [4.69, 9.17) is 11.6 Å². The Morgan fingerprint density at radius 3 is 2.82 bits per heavy atom. The fourth-order valence-corrected chi connectivity index (χ4v) is 3.04. The van der Waals surface area contributed by atoms with E-state index in [2.05, 4.69) is 20.4 Å². The molecule has 9 heteroatoms. The molecule has 0 radical (unpaired) electrons. The number of nitrogens with zero attached hydrogens (tertiary/aromatic N) is 5. The van der Waals surface area contributed by atoms with Gasteiger partial charge in [-0.1, -0.05) is 23.2 Å². The molecule has 0 fully saturated rings. The van der Waals surface area contributed by atoms with Crippen LogP contribution in [0.5, 0.6) is 0 Å². The average Bonchev–Trinajstić information content (AvgIpc) is 3.19. The van der Waals surface area contributed by atoms with Gasteiger partial charge in [0.15, 0.2) is 0 Å². The van der Waals surface area contributed by atoms with Crippen molar-refractivity contribution < 1.29 is 4.79 Å². The zero-order chi connectivity index (χ0) is 19.7. The number of hydrogen-bond donors (Lipinski definition) is 1. The average molecular weight is 395 g/mol. The van der Waals surface area contributed by atoms with Crippen LogP contribution in [-0.2, 0) is 11.3 Å². The van der Waals surface area contributed by atoms with Crippen LogP contribution < -0.4 is 10.9 Å². The van der Waals surface area contributed by atoms with Crippen LogP contribution >= 0.6 is 11.6 Å². The Hall–Kier alpha value is -3.52. The highest BCUT2D eigenvalue weighted by molar-refractivity contribution is 6.31. The summed E-state index contributed by atoms with van der Waals surface area (Å²) in [5, 5.41) is 7.78. The third-order valence-corrected chi connectivity index (χ3v) is 4.43. The third kappa shape index (κ3) is 3.49. The Labute approximate surface area is 164 Å². The molecule has 0 aliphatic rings. The van der Waals surface area contributed by atoms with Gasteiger partial charge in [0, 0.05) is 5.02 Å². The van der Waals surface area contributed by atoms with Gasteiger partial charge in [-0.3, -0.25) is 14.2 Å². The largest absolute Gasteiger partial charge is 0.323 e. The van der Waals surface area contributed by atoms with E-state index in [9.17, 15) is 9.59 Å². The molecular formula is C19H15ClN6O2. The molecule has 2 aromatic carbocycles. The van der Waals surface area contributed by atoms with Gasteiger partial charge in [-0.2, -0.15) is 5.10 Å². The lowest BCUT2D eigenvalue weighted by atomic mass is 10.2. The maximum Gasteiger partial charge on any atom is 0.261 e. The molecule has 28 heavy (non-hydrogen) atoms. The van der Waals surface area contributed by atoms with Crippen LogP contribution in [0.3, 0.4) is 0 Å². The summed E-state index contributed by atoms with van der Waals surface area (Å²) in [6.45, 7) is 1.72. The molecule has 0 aliphatic carbocycles. The van der Waals surface area contributed by atoms with E-state index < -0.39 is 0 Å². The SMILES string of the molecule is Cc1ccc2ncn(CC(=O)Nc3cc(Cl)ccc3-n3cncn3)c(=O)c2c1. The number of aromatic nitrogens is 5. The second-order valence-electron chi connectivity index (χ2n) is 6.25. The van der Waals surface area contributed by atoms with Gasteiger partial charge in [0.1, 0.15) is 19.2 Å². The predicted octanol–water partition coefficient (Wildman–Crippen LogP) is 2.58. The monoisotopic (exact) mass is 394 g/mol. The molecule has 4 aromatic rings. The molecule has 2 aromatic heterocycles. The second kappa shape index (κ2) is 7.24. The van der Waals surface area contributed by atoms with E-state index in [0.717, 1.165) is 5.56 Å². The summed E-state index contributed by atoms with van der Waals surface area (Å²) in [6, 6.07) is 10.5. The van der Waals surface area contributed by atoms with Gasteiger partial charge in [0.05, 0.1) is 28.6 Å². The normalized spacial score (nSPS) is 10.9. The zero-order valence-electron chi connectivity index (χ0n) is 14.8. The molecule has 0 unspecified atom stereocenters. The first kappa shape index (κ1) is 17.9. The standard InChI is InChI=1S/C19H15ClN6O2/c1-12-2-4-15-14(6-12)19(28)25(11-22-15)8-18(27)24-16-7-13(20)3-5-17(16)26-10-21-9-23-26/h2-7,9-11H,8H2,1H3,(H,24,27). The van der Waals surface area contributed by atoms with Gasteiger partial charge in [0.25, 0.3) is 5.56 Å². The number of halogens is 1. The number of nitrogens with one attached hydrogen (secondary N) is 1. The van der Waals surface area contributed by atoms with Crippen molar-refractivity contribution in [2.75, 3.05) is 5.32 Å². The molecule has 1 N–H and O–H groups in total. The van der Waals surface area contributed by atoms with Crippen LogP contribution in [0.25, 0.3) is 16.6 Å². The molecule has 1 amide bonds. The number of anilines is 1. The van der Waals surface area contributed by atoms with Crippen LogP contribution in [0.2, 0.25) is 5.02 Å².